The highest BCUT2D eigenvalue weighted by Gasteiger charge is 2.43. The number of aryl methyl sites for hydroxylation is 2. The Balaban J connectivity index is 1.85. The third kappa shape index (κ3) is 3.07. The van der Waals surface area contributed by atoms with E-state index in [9.17, 15) is 9.59 Å². The van der Waals surface area contributed by atoms with E-state index >= 15 is 0 Å². The quantitative estimate of drug-likeness (QED) is 0.755. The molecule has 1 amide bonds. The van der Waals surface area contributed by atoms with E-state index in [0.717, 1.165) is 22.4 Å². The van der Waals surface area contributed by atoms with Gasteiger partial charge in [0.15, 0.2) is 0 Å². The van der Waals surface area contributed by atoms with E-state index < -0.39 is 0 Å². The predicted molar refractivity (Wildman–Crippen MR) is 106 cm³/mol. The van der Waals surface area contributed by atoms with Crippen LogP contribution in [0.4, 0.5) is 5.69 Å². The van der Waals surface area contributed by atoms with Crippen molar-refractivity contribution in [1.29, 1.82) is 0 Å². The number of nitrogens with zero attached hydrogens (tertiary/aromatic N) is 1. The fourth-order valence-electron chi connectivity index (χ4n) is 4.15. The van der Waals surface area contributed by atoms with Gasteiger partial charge in [-0.05, 0) is 50.1 Å². The van der Waals surface area contributed by atoms with Crippen molar-refractivity contribution in [2.45, 2.75) is 33.1 Å². The number of esters is 1. The molecular weight excluding hydrogens is 354 g/mol. The van der Waals surface area contributed by atoms with Crippen molar-refractivity contribution < 1.29 is 19.1 Å². The molecule has 5 heteroatoms. The molecule has 2 aromatic rings. The lowest BCUT2D eigenvalue weighted by atomic mass is 9.83. The first-order valence-electron chi connectivity index (χ1n) is 9.52. The Labute approximate surface area is 164 Å². The average molecular weight is 377 g/mol. The van der Waals surface area contributed by atoms with Gasteiger partial charge in [-0.15, -0.1) is 0 Å². The molecule has 2 aromatic carbocycles. The number of amides is 1. The molecule has 28 heavy (non-hydrogen) atoms. The van der Waals surface area contributed by atoms with Crippen LogP contribution >= 0.6 is 0 Å². The van der Waals surface area contributed by atoms with Crippen LogP contribution in [0.1, 0.15) is 36.0 Å². The first-order chi connectivity index (χ1) is 13.5. The van der Waals surface area contributed by atoms with E-state index in [0.29, 0.717) is 23.6 Å². The lowest BCUT2D eigenvalue weighted by Gasteiger charge is -2.32. The highest BCUT2D eigenvalue weighted by Crippen LogP contribution is 2.44. The number of rotatable bonds is 4. The summed E-state index contributed by atoms with van der Waals surface area (Å²) in [4.78, 5) is 27.5. The molecule has 1 atom stereocenters. The molecule has 2 heterocycles. The zero-order valence-electron chi connectivity index (χ0n) is 16.3. The SMILES string of the molecule is CCOc1ccccc1[C@@H]1CC(=O)N(c2cc(C)cc(C)c2)C2=C1C(=O)OC2. The maximum Gasteiger partial charge on any atom is 0.336 e. The molecule has 144 valence electrons. The molecule has 0 N–H and O–H groups in total. The van der Waals surface area contributed by atoms with E-state index in [2.05, 4.69) is 6.07 Å². The Hall–Kier alpha value is -3.08. The van der Waals surface area contributed by atoms with Crippen LogP contribution in [-0.4, -0.2) is 25.1 Å². The predicted octanol–water partition coefficient (Wildman–Crippen LogP) is 4.03. The molecular formula is C23H23NO4. The van der Waals surface area contributed by atoms with Gasteiger partial charge in [0.2, 0.25) is 5.91 Å². The first-order valence-corrected chi connectivity index (χ1v) is 9.52. The lowest BCUT2D eigenvalue weighted by Crippen LogP contribution is -2.37. The molecule has 0 saturated carbocycles. The Morgan fingerprint density at radius 1 is 1.11 bits per heavy atom. The van der Waals surface area contributed by atoms with E-state index in [4.69, 9.17) is 9.47 Å². The van der Waals surface area contributed by atoms with Gasteiger partial charge in [-0.2, -0.15) is 0 Å². The Morgan fingerprint density at radius 2 is 1.82 bits per heavy atom. The Bertz CT molecular complexity index is 972. The standard InChI is InChI=1S/C23H23NO4/c1-4-27-20-8-6-5-7-17(20)18-12-21(25)24(19-13-28-23(26)22(18)19)16-10-14(2)9-15(3)11-16/h5-11,18H,4,12-13H2,1-3H3/t18-/m0/s1. The van der Waals surface area contributed by atoms with Crippen molar-refractivity contribution in [3.05, 3.63) is 70.4 Å². The molecule has 2 aliphatic rings. The summed E-state index contributed by atoms with van der Waals surface area (Å²) in [5, 5.41) is 0. The van der Waals surface area contributed by atoms with Crippen molar-refractivity contribution in [3.63, 3.8) is 0 Å². The fourth-order valence-corrected chi connectivity index (χ4v) is 4.15. The van der Waals surface area contributed by atoms with Gasteiger partial charge in [0.05, 0.1) is 17.9 Å². The van der Waals surface area contributed by atoms with Gasteiger partial charge in [-0.1, -0.05) is 24.3 Å². The summed E-state index contributed by atoms with van der Waals surface area (Å²) in [6.45, 7) is 6.54. The van der Waals surface area contributed by atoms with Crippen LogP contribution in [0.2, 0.25) is 0 Å². The fraction of sp³-hybridized carbons (Fsp3) is 0.304. The summed E-state index contributed by atoms with van der Waals surface area (Å²) >= 11 is 0. The average Bonchev–Trinajstić information content (AvgIpc) is 3.02. The maximum absolute atomic E-state index is 13.2. The van der Waals surface area contributed by atoms with E-state index in [1.165, 1.54) is 0 Å². The third-order valence-electron chi connectivity index (χ3n) is 5.18. The summed E-state index contributed by atoms with van der Waals surface area (Å²) in [5.41, 5.74) is 4.97. The molecule has 0 radical (unpaired) electrons. The molecule has 4 rings (SSSR count). The molecule has 0 saturated heterocycles. The number of anilines is 1. The van der Waals surface area contributed by atoms with Gasteiger partial charge in [-0.25, -0.2) is 4.79 Å². The van der Waals surface area contributed by atoms with Crippen molar-refractivity contribution in [3.8, 4) is 5.75 Å². The monoisotopic (exact) mass is 377 g/mol. The maximum atomic E-state index is 13.2. The normalized spacial score (nSPS) is 19.0. The second kappa shape index (κ2) is 7.15. The number of hydrogen-bond acceptors (Lipinski definition) is 4. The summed E-state index contributed by atoms with van der Waals surface area (Å²) in [5.74, 6) is -0.0527. The molecule has 0 bridgehead atoms. The molecule has 5 nitrogen and oxygen atoms in total. The summed E-state index contributed by atoms with van der Waals surface area (Å²) < 4.78 is 11.1. The number of carbonyl (C=O) groups excluding carboxylic acids is 2. The second-order valence-electron chi connectivity index (χ2n) is 7.24. The minimum absolute atomic E-state index is 0.0432. The third-order valence-corrected chi connectivity index (χ3v) is 5.18. The number of cyclic esters (lactones) is 1. The van der Waals surface area contributed by atoms with Gasteiger partial charge in [-0.3, -0.25) is 9.69 Å². The number of benzene rings is 2. The molecule has 0 spiro atoms. The van der Waals surface area contributed by atoms with Crippen LogP contribution in [0.25, 0.3) is 0 Å². The van der Waals surface area contributed by atoms with Crippen LogP contribution in [0.3, 0.4) is 0 Å². The zero-order valence-corrected chi connectivity index (χ0v) is 16.3. The molecule has 0 aromatic heterocycles. The van der Waals surface area contributed by atoms with Crippen LogP contribution in [0, 0.1) is 13.8 Å². The summed E-state index contributed by atoms with van der Waals surface area (Å²) in [6, 6.07) is 13.6. The van der Waals surface area contributed by atoms with Gasteiger partial charge >= 0.3 is 5.97 Å². The topological polar surface area (TPSA) is 55.8 Å². The molecule has 0 aliphatic carbocycles. The van der Waals surface area contributed by atoms with E-state index in [1.807, 2.05) is 57.2 Å². The van der Waals surface area contributed by atoms with Crippen molar-refractivity contribution in [2.75, 3.05) is 18.1 Å². The number of ether oxygens (including phenoxy) is 2. The van der Waals surface area contributed by atoms with Crippen molar-refractivity contribution in [1.82, 2.24) is 0 Å². The minimum atomic E-state index is -0.359. The van der Waals surface area contributed by atoms with Gasteiger partial charge in [0, 0.05) is 23.6 Å². The van der Waals surface area contributed by atoms with E-state index in [-0.39, 0.29) is 30.8 Å². The van der Waals surface area contributed by atoms with Crippen LogP contribution in [0.15, 0.2) is 53.7 Å². The Kier molecular flexibility index (Phi) is 4.67. The van der Waals surface area contributed by atoms with Crippen LogP contribution in [0.5, 0.6) is 5.75 Å². The van der Waals surface area contributed by atoms with Crippen molar-refractivity contribution >= 4 is 17.6 Å². The molecule has 0 unspecified atom stereocenters. The largest absolute Gasteiger partial charge is 0.494 e. The Morgan fingerprint density at radius 3 is 2.54 bits per heavy atom. The number of para-hydroxylation sites is 1. The summed E-state index contributed by atoms with van der Waals surface area (Å²) in [7, 11) is 0. The smallest absolute Gasteiger partial charge is 0.336 e. The van der Waals surface area contributed by atoms with Crippen LogP contribution < -0.4 is 9.64 Å². The number of hydrogen-bond donors (Lipinski definition) is 0. The van der Waals surface area contributed by atoms with Gasteiger partial charge in [0.1, 0.15) is 12.4 Å². The highest BCUT2D eigenvalue weighted by molar-refractivity contribution is 6.06. The second-order valence-corrected chi connectivity index (χ2v) is 7.24. The minimum Gasteiger partial charge on any atom is -0.494 e. The molecule has 2 aliphatic heterocycles. The van der Waals surface area contributed by atoms with Crippen LogP contribution in [-0.2, 0) is 14.3 Å². The first kappa shape index (κ1) is 18.3. The van der Waals surface area contributed by atoms with Gasteiger partial charge in [0.25, 0.3) is 0 Å². The molecule has 0 fully saturated rings. The highest BCUT2D eigenvalue weighted by atomic mass is 16.5. The lowest BCUT2D eigenvalue weighted by molar-refractivity contribution is -0.136. The number of carbonyl (C=O) groups is 2. The van der Waals surface area contributed by atoms with Gasteiger partial charge < -0.3 is 9.47 Å². The van der Waals surface area contributed by atoms with Crippen molar-refractivity contribution in [2.24, 2.45) is 0 Å². The zero-order chi connectivity index (χ0) is 19.8. The van der Waals surface area contributed by atoms with E-state index in [1.54, 1.807) is 4.90 Å². The summed E-state index contributed by atoms with van der Waals surface area (Å²) in [6.07, 6.45) is 0.199.